The summed E-state index contributed by atoms with van der Waals surface area (Å²) in [6.45, 7) is -0.518. The van der Waals surface area contributed by atoms with E-state index in [0.29, 0.717) is 0 Å². The summed E-state index contributed by atoms with van der Waals surface area (Å²) in [6, 6.07) is 0. The van der Waals surface area contributed by atoms with Crippen molar-refractivity contribution in [1.29, 1.82) is 0 Å². The van der Waals surface area contributed by atoms with Gasteiger partial charge in [-0.3, -0.25) is 0 Å². The van der Waals surface area contributed by atoms with Gasteiger partial charge < -0.3 is 30.3 Å². The van der Waals surface area contributed by atoms with Crippen LogP contribution in [0.1, 0.15) is 0 Å². The molecule has 1 aliphatic heterocycles. The lowest BCUT2D eigenvalue weighted by Gasteiger charge is -2.43. The van der Waals surface area contributed by atoms with Gasteiger partial charge >= 0.3 is 0 Å². The monoisotopic (exact) mass is 210 g/mol. The van der Waals surface area contributed by atoms with E-state index in [4.69, 9.17) is 9.84 Å². The van der Waals surface area contributed by atoms with Gasteiger partial charge in [0.05, 0.1) is 16.8 Å². The highest BCUT2D eigenvalue weighted by atomic mass is 28.1. The highest BCUT2D eigenvalue weighted by Crippen LogP contribution is 2.25. The van der Waals surface area contributed by atoms with E-state index >= 15 is 0 Å². The Bertz CT molecular complexity index is 184. The second kappa shape index (κ2) is 3.62. The highest BCUT2D eigenvalue weighted by molar-refractivity contribution is 6.13. The molecule has 1 heterocycles. The fraction of sp³-hybridized carbons (Fsp3) is 1.00. The molecule has 5 N–H and O–H groups in total. The number of aliphatic hydroxyl groups is 5. The predicted molar refractivity (Wildman–Crippen MR) is 44.9 cm³/mol. The minimum atomic E-state index is -1.81. The maximum atomic E-state index is 9.44. The molecule has 6 nitrogen and oxygen atoms in total. The van der Waals surface area contributed by atoms with Crippen molar-refractivity contribution >= 4 is 10.2 Å². The topological polar surface area (TPSA) is 110 Å². The Morgan fingerprint density at radius 1 is 1.23 bits per heavy atom. The first-order chi connectivity index (χ1) is 5.90. The summed E-state index contributed by atoms with van der Waals surface area (Å²) in [6.07, 6.45) is -5.46. The van der Waals surface area contributed by atoms with Crippen molar-refractivity contribution in [2.24, 2.45) is 0 Å². The van der Waals surface area contributed by atoms with Gasteiger partial charge in [-0.1, -0.05) is 0 Å². The summed E-state index contributed by atoms with van der Waals surface area (Å²) < 4.78 is 4.83. The van der Waals surface area contributed by atoms with E-state index < -0.39 is 36.4 Å². The zero-order valence-corrected chi connectivity index (χ0v) is 9.16. The molecule has 1 rings (SSSR count). The molecule has 78 valence electrons. The summed E-state index contributed by atoms with van der Waals surface area (Å²) in [5, 5.41) is 45.9. The van der Waals surface area contributed by atoms with E-state index in [2.05, 4.69) is 0 Å². The lowest BCUT2D eigenvalue weighted by molar-refractivity contribution is -0.310. The van der Waals surface area contributed by atoms with Gasteiger partial charge in [0, 0.05) is 0 Å². The normalized spacial score (nSPS) is 52.4. The molecule has 0 aromatic rings. The smallest absolute Gasteiger partial charge is 0.166 e. The van der Waals surface area contributed by atoms with Crippen LogP contribution >= 0.6 is 0 Å². The number of hydrogen-bond acceptors (Lipinski definition) is 6. The molecule has 0 aromatic heterocycles. The third-order valence-electron chi connectivity index (χ3n) is 2.17. The average Bonchev–Trinajstić information content (AvgIpc) is 2.08. The third-order valence-corrected chi connectivity index (χ3v) is 3.00. The predicted octanol–water partition coefficient (Wildman–Crippen LogP) is -4.53. The molecule has 0 amide bonds. The summed E-state index contributed by atoms with van der Waals surface area (Å²) in [4.78, 5) is 0. The van der Waals surface area contributed by atoms with E-state index in [-0.39, 0.29) is 10.2 Å². The van der Waals surface area contributed by atoms with Crippen molar-refractivity contribution in [3.8, 4) is 0 Å². The molecule has 0 spiro atoms. The molecule has 5 atom stereocenters. The van der Waals surface area contributed by atoms with Gasteiger partial charge in [0.25, 0.3) is 0 Å². The van der Waals surface area contributed by atoms with Gasteiger partial charge in [-0.05, 0) is 0 Å². The summed E-state index contributed by atoms with van der Waals surface area (Å²) in [5.41, 5.74) is -1.81. The first kappa shape index (κ1) is 11.1. The van der Waals surface area contributed by atoms with Gasteiger partial charge in [0.15, 0.2) is 5.41 Å². The first-order valence-electron chi connectivity index (χ1n) is 3.95. The lowest BCUT2D eigenvalue weighted by Crippen LogP contribution is -2.65. The average molecular weight is 210 g/mol. The summed E-state index contributed by atoms with van der Waals surface area (Å²) in [5.74, 6) is 0. The largest absolute Gasteiger partial charge is 0.394 e. The van der Waals surface area contributed by atoms with E-state index in [9.17, 15) is 20.4 Å². The van der Waals surface area contributed by atoms with E-state index in [1.807, 2.05) is 0 Å². The molecule has 0 aliphatic carbocycles. The Hall–Kier alpha value is -0.0231. The van der Waals surface area contributed by atoms with Gasteiger partial charge in [-0.15, -0.1) is 0 Å². The molecular formula is C6H14O6Si. The Morgan fingerprint density at radius 3 is 2.23 bits per heavy atom. The van der Waals surface area contributed by atoms with E-state index in [1.165, 1.54) is 0 Å². The third kappa shape index (κ3) is 1.91. The van der Waals surface area contributed by atoms with E-state index in [0.717, 1.165) is 0 Å². The van der Waals surface area contributed by atoms with Crippen LogP contribution in [0.5, 0.6) is 0 Å². The highest BCUT2D eigenvalue weighted by Gasteiger charge is 2.49. The van der Waals surface area contributed by atoms with Crippen molar-refractivity contribution in [1.82, 2.24) is 0 Å². The van der Waals surface area contributed by atoms with Crippen molar-refractivity contribution in [2.75, 3.05) is 6.61 Å². The van der Waals surface area contributed by atoms with Crippen LogP contribution in [0.2, 0.25) is 0 Å². The molecule has 0 bridgehead atoms. The number of aliphatic hydroxyl groups excluding tert-OH is 4. The second-order valence-corrected chi connectivity index (χ2v) is 4.75. The maximum Gasteiger partial charge on any atom is 0.166 e. The fourth-order valence-electron chi connectivity index (χ4n) is 1.31. The van der Waals surface area contributed by atoms with E-state index in [1.54, 1.807) is 0 Å². The van der Waals surface area contributed by atoms with Gasteiger partial charge in [-0.25, -0.2) is 0 Å². The molecule has 1 fully saturated rings. The Balaban J connectivity index is 2.79. The minimum absolute atomic E-state index is 0.0669. The molecule has 0 unspecified atom stereocenters. The molecule has 1 aliphatic rings. The number of rotatable bonds is 1. The van der Waals surface area contributed by atoms with Crippen LogP contribution in [0.4, 0.5) is 0 Å². The summed E-state index contributed by atoms with van der Waals surface area (Å²) in [7, 11) is 0.0669. The quantitative estimate of drug-likeness (QED) is 0.279. The van der Waals surface area contributed by atoms with Crippen molar-refractivity contribution in [2.45, 2.75) is 29.8 Å². The lowest BCUT2D eigenvalue weighted by atomic mass is 9.99. The van der Waals surface area contributed by atoms with Crippen molar-refractivity contribution in [3.05, 3.63) is 0 Å². The van der Waals surface area contributed by atoms with Crippen LogP contribution in [0, 0.1) is 0 Å². The van der Waals surface area contributed by atoms with Crippen LogP contribution in [-0.2, 0) is 4.74 Å². The zero-order valence-electron chi connectivity index (χ0n) is 7.16. The Kier molecular flexibility index (Phi) is 3.07. The standard InChI is InChI=1S/C6H14O6Si/c7-1-2-3(8)4(9)5(10)6(11,13)12-2/h2-5,7-11H,1H2,13H3/t2-,3-,4+,5-,6-/m1/s1. The first-order valence-corrected chi connectivity index (χ1v) is 4.95. The van der Waals surface area contributed by atoms with Crippen molar-refractivity contribution in [3.63, 3.8) is 0 Å². The van der Waals surface area contributed by atoms with Crippen LogP contribution in [0.25, 0.3) is 0 Å². The molecule has 0 radical (unpaired) electrons. The second-order valence-electron chi connectivity index (χ2n) is 3.32. The van der Waals surface area contributed by atoms with Gasteiger partial charge in [0.1, 0.15) is 24.4 Å². The molecule has 1 saturated heterocycles. The van der Waals surface area contributed by atoms with Crippen LogP contribution < -0.4 is 0 Å². The maximum absolute atomic E-state index is 9.44. The number of ether oxygens (including phenoxy) is 1. The summed E-state index contributed by atoms with van der Waals surface area (Å²) >= 11 is 0. The fourth-order valence-corrected chi connectivity index (χ4v) is 1.96. The molecule has 7 heteroatoms. The van der Waals surface area contributed by atoms with Crippen molar-refractivity contribution < 1.29 is 30.3 Å². The SMILES string of the molecule is OC[C@H]1O[C@@](O)([SiH3])[C@H](O)[C@@H](O)[C@@H]1O. The number of hydrogen-bond donors (Lipinski definition) is 5. The van der Waals surface area contributed by atoms with Crippen LogP contribution in [0.15, 0.2) is 0 Å². The molecule has 13 heavy (non-hydrogen) atoms. The molecule has 0 saturated carbocycles. The minimum Gasteiger partial charge on any atom is -0.394 e. The Morgan fingerprint density at radius 2 is 1.77 bits per heavy atom. The molecule has 0 aromatic carbocycles. The van der Waals surface area contributed by atoms with Crippen LogP contribution in [0.3, 0.4) is 0 Å². The van der Waals surface area contributed by atoms with Gasteiger partial charge in [0.2, 0.25) is 0 Å². The van der Waals surface area contributed by atoms with Crippen LogP contribution in [-0.4, -0.2) is 72.2 Å². The molecular weight excluding hydrogens is 196 g/mol. The Labute approximate surface area is 77.8 Å². The van der Waals surface area contributed by atoms with Gasteiger partial charge in [-0.2, -0.15) is 0 Å². The zero-order chi connectivity index (χ0) is 10.2.